The number of aromatic nitrogens is 2. The molecule has 33 heavy (non-hydrogen) atoms. The van der Waals surface area contributed by atoms with Gasteiger partial charge in [-0.15, -0.1) is 0 Å². The van der Waals surface area contributed by atoms with Crippen molar-refractivity contribution >= 4 is 23.4 Å². The van der Waals surface area contributed by atoms with Gasteiger partial charge >= 0.3 is 0 Å². The minimum Gasteiger partial charge on any atom is -0.368 e. The summed E-state index contributed by atoms with van der Waals surface area (Å²) in [5.74, 6) is -0.120. The first-order valence-corrected chi connectivity index (χ1v) is 11.4. The Balaban J connectivity index is 1.50. The molecule has 4 rings (SSSR count). The number of nitrogens with two attached hydrogens (primary N) is 1. The summed E-state index contributed by atoms with van der Waals surface area (Å²) in [6.07, 6.45) is 5.55. The van der Waals surface area contributed by atoms with Gasteiger partial charge in [-0.1, -0.05) is 6.07 Å². The van der Waals surface area contributed by atoms with Crippen LogP contribution in [-0.2, 0) is 29.0 Å². The van der Waals surface area contributed by atoms with E-state index in [1.54, 1.807) is 13.1 Å². The van der Waals surface area contributed by atoms with Gasteiger partial charge in [-0.05, 0) is 62.8 Å². The Labute approximate surface area is 192 Å². The summed E-state index contributed by atoms with van der Waals surface area (Å²) in [5, 5.41) is 11.6. The van der Waals surface area contributed by atoms with E-state index in [-0.39, 0.29) is 36.6 Å². The molecule has 176 valence electrons. The number of fused-ring (bicyclic) bond motifs is 1. The second-order valence-electron chi connectivity index (χ2n) is 8.50. The fourth-order valence-electron chi connectivity index (χ4n) is 4.44. The zero-order valence-electron chi connectivity index (χ0n) is 19.1. The van der Waals surface area contributed by atoms with Crippen LogP contribution in [0.3, 0.4) is 0 Å². The van der Waals surface area contributed by atoms with Crippen molar-refractivity contribution in [3.63, 3.8) is 0 Å². The molecule has 0 saturated carbocycles. The Hall–Kier alpha value is -3.40. The Bertz CT molecular complexity index is 1110. The molecule has 0 bridgehead atoms. The summed E-state index contributed by atoms with van der Waals surface area (Å²) in [5.41, 5.74) is 9.38. The van der Waals surface area contributed by atoms with Crippen molar-refractivity contribution in [1.82, 2.24) is 19.9 Å². The molecule has 2 heterocycles. The summed E-state index contributed by atoms with van der Waals surface area (Å²) < 4.78 is 1.46. The Kier molecular flexibility index (Phi) is 6.64. The molecule has 10 nitrogen and oxygen atoms in total. The van der Waals surface area contributed by atoms with Gasteiger partial charge in [-0.2, -0.15) is 0 Å². The Morgan fingerprint density at radius 1 is 1.36 bits per heavy atom. The standard InChI is InChI=1S/C23H31N7O3/c1-3-28(19-8-7-16-5-4-6-17(16)11-19)21-22(32)29(15(2)12-26-21)13-20(31)27-18-9-10-30(23(24)25)33-14-18/h7-8,11-12,18H,3-6,9-10,13-14H2,1-2H3,(H3,24,25)(H,27,31). The molecule has 0 spiro atoms. The van der Waals surface area contributed by atoms with Crippen LogP contribution in [0.4, 0.5) is 11.5 Å². The lowest BCUT2D eigenvalue weighted by molar-refractivity contribution is -0.143. The molecule has 1 saturated heterocycles. The van der Waals surface area contributed by atoms with E-state index < -0.39 is 0 Å². The number of rotatable bonds is 6. The maximum absolute atomic E-state index is 13.4. The number of hydrogen-bond acceptors (Lipinski definition) is 6. The van der Waals surface area contributed by atoms with Gasteiger partial charge in [0.05, 0.1) is 19.2 Å². The van der Waals surface area contributed by atoms with Crippen molar-refractivity contribution in [3.8, 4) is 0 Å². The summed E-state index contributed by atoms with van der Waals surface area (Å²) in [6, 6.07) is 6.13. The van der Waals surface area contributed by atoms with Gasteiger partial charge in [0.25, 0.3) is 5.56 Å². The van der Waals surface area contributed by atoms with E-state index in [1.807, 2.05) is 17.9 Å². The fourth-order valence-corrected chi connectivity index (χ4v) is 4.44. The van der Waals surface area contributed by atoms with Crippen LogP contribution in [0, 0.1) is 12.3 Å². The van der Waals surface area contributed by atoms with Crippen molar-refractivity contribution < 1.29 is 9.63 Å². The normalized spacial score (nSPS) is 17.5. The minimum atomic E-state index is -0.296. The fraction of sp³-hybridized carbons (Fsp3) is 0.478. The van der Waals surface area contributed by atoms with E-state index >= 15 is 0 Å². The van der Waals surface area contributed by atoms with Crippen molar-refractivity contribution in [2.24, 2.45) is 5.73 Å². The lowest BCUT2D eigenvalue weighted by Crippen LogP contribution is -2.50. The van der Waals surface area contributed by atoms with Gasteiger partial charge in [-0.3, -0.25) is 24.4 Å². The molecule has 1 atom stereocenters. The summed E-state index contributed by atoms with van der Waals surface area (Å²) in [7, 11) is 0. The quantitative estimate of drug-likeness (QED) is 0.443. The van der Waals surface area contributed by atoms with Gasteiger partial charge in [0.15, 0.2) is 5.82 Å². The molecule has 1 aliphatic carbocycles. The van der Waals surface area contributed by atoms with Gasteiger partial charge in [-0.25, -0.2) is 10.0 Å². The predicted octanol–water partition coefficient (Wildman–Crippen LogP) is 1.21. The monoisotopic (exact) mass is 453 g/mol. The number of benzene rings is 1. The molecule has 1 aromatic heterocycles. The number of amides is 1. The van der Waals surface area contributed by atoms with Crippen LogP contribution in [0.2, 0.25) is 0 Å². The van der Waals surface area contributed by atoms with Crippen LogP contribution >= 0.6 is 0 Å². The second kappa shape index (κ2) is 9.62. The summed E-state index contributed by atoms with van der Waals surface area (Å²) in [4.78, 5) is 37.8. The third-order valence-electron chi connectivity index (χ3n) is 6.25. The molecule has 1 aromatic carbocycles. The van der Waals surface area contributed by atoms with Gasteiger partial charge < -0.3 is 16.0 Å². The van der Waals surface area contributed by atoms with Crippen molar-refractivity contribution in [1.29, 1.82) is 5.41 Å². The van der Waals surface area contributed by atoms with E-state index in [4.69, 9.17) is 16.0 Å². The molecular formula is C23H31N7O3. The minimum absolute atomic E-state index is 0.102. The molecule has 1 aliphatic heterocycles. The molecule has 2 aliphatic rings. The third-order valence-corrected chi connectivity index (χ3v) is 6.25. The number of carbonyl (C=O) groups excluding carboxylic acids is 1. The van der Waals surface area contributed by atoms with Crippen molar-refractivity contribution in [2.45, 2.75) is 52.1 Å². The number of nitrogens with one attached hydrogen (secondary N) is 2. The second-order valence-corrected chi connectivity index (χ2v) is 8.50. The molecule has 4 N–H and O–H groups in total. The third kappa shape index (κ3) is 4.85. The molecule has 10 heteroatoms. The maximum Gasteiger partial charge on any atom is 0.294 e. The maximum atomic E-state index is 13.4. The van der Waals surface area contributed by atoms with Crippen molar-refractivity contribution in [2.75, 3.05) is 24.6 Å². The van der Waals surface area contributed by atoms with Crippen molar-refractivity contribution in [3.05, 3.63) is 51.6 Å². The molecule has 2 aromatic rings. The van der Waals surface area contributed by atoms with E-state index in [9.17, 15) is 9.59 Å². The van der Waals surface area contributed by atoms with E-state index in [0.717, 1.165) is 24.9 Å². The van der Waals surface area contributed by atoms with E-state index in [1.165, 1.54) is 20.8 Å². The molecule has 0 radical (unpaired) electrons. The highest BCUT2D eigenvalue weighted by Gasteiger charge is 2.24. The number of carbonyl (C=O) groups is 1. The zero-order valence-corrected chi connectivity index (χ0v) is 19.1. The lowest BCUT2D eigenvalue weighted by atomic mass is 10.1. The van der Waals surface area contributed by atoms with Crippen LogP contribution < -0.4 is 21.5 Å². The number of aryl methyl sites for hydroxylation is 3. The number of hydrogen-bond donors (Lipinski definition) is 3. The highest BCUT2D eigenvalue weighted by atomic mass is 16.7. The zero-order chi connectivity index (χ0) is 23.5. The number of guanidine groups is 1. The molecular weight excluding hydrogens is 422 g/mol. The number of anilines is 2. The summed E-state index contributed by atoms with van der Waals surface area (Å²) in [6.45, 7) is 4.88. The Morgan fingerprint density at radius 2 is 2.15 bits per heavy atom. The van der Waals surface area contributed by atoms with Gasteiger partial charge in [0.1, 0.15) is 6.54 Å². The Morgan fingerprint density at radius 3 is 2.85 bits per heavy atom. The van der Waals surface area contributed by atoms with Crippen LogP contribution in [0.1, 0.15) is 36.6 Å². The van der Waals surface area contributed by atoms with E-state index in [2.05, 4.69) is 22.4 Å². The first-order chi connectivity index (χ1) is 15.9. The SMILES string of the molecule is CCN(c1ccc2c(c1)CCC2)c1ncc(C)n(CC(=O)NC2CCN(C(=N)N)OC2)c1=O. The highest BCUT2D eigenvalue weighted by molar-refractivity contribution is 5.76. The summed E-state index contributed by atoms with van der Waals surface area (Å²) >= 11 is 0. The van der Waals surface area contributed by atoms with Crippen LogP contribution in [-0.4, -0.2) is 52.2 Å². The average Bonchev–Trinajstić information content (AvgIpc) is 3.27. The van der Waals surface area contributed by atoms with Gasteiger partial charge in [0.2, 0.25) is 11.9 Å². The first-order valence-electron chi connectivity index (χ1n) is 11.4. The highest BCUT2D eigenvalue weighted by Crippen LogP contribution is 2.29. The lowest BCUT2D eigenvalue weighted by Gasteiger charge is -2.31. The average molecular weight is 454 g/mol. The van der Waals surface area contributed by atoms with Gasteiger partial charge in [0, 0.05) is 24.1 Å². The van der Waals surface area contributed by atoms with Crippen LogP contribution in [0.15, 0.2) is 29.2 Å². The molecule has 1 fully saturated rings. The smallest absolute Gasteiger partial charge is 0.294 e. The van der Waals surface area contributed by atoms with Crippen LogP contribution in [0.25, 0.3) is 0 Å². The topological polar surface area (TPSA) is 130 Å². The largest absolute Gasteiger partial charge is 0.368 e. The number of hydroxylamine groups is 2. The van der Waals surface area contributed by atoms with Crippen LogP contribution in [0.5, 0.6) is 0 Å². The predicted molar refractivity (Wildman–Crippen MR) is 126 cm³/mol. The molecule has 1 amide bonds. The van der Waals surface area contributed by atoms with E-state index in [0.29, 0.717) is 31.0 Å². The molecule has 1 unspecified atom stereocenters. The first kappa shape index (κ1) is 22.8. The number of nitrogens with zero attached hydrogens (tertiary/aromatic N) is 4.